The topological polar surface area (TPSA) is 70.4 Å². The predicted molar refractivity (Wildman–Crippen MR) is 88.7 cm³/mol. The van der Waals surface area contributed by atoms with Crippen LogP contribution in [0.25, 0.3) is 0 Å². The van der Waals surface area contributed by atoms with E-state index in [0.717, 1.165) is 12.8 Å². The highest BCUT2D eigenvalue weighted by molar-refractivity contribution is 7.87. The number of fused-ring (bicyclic) bond motifs is 1. The Morgan fingerprint density at radius 2 is 1.88 bits per heavy atom. The van der Waals surface area contributed by atoms with Gasteiger partial charge in [-0.3, -0.25) is 0 Å². The number of benzene rings is 1. The van der Waals surface area contributed by atoms with Crippen molar-refractivity contribution in [1.29, 1.82) is 0 Å². The van der Waals surface area contributed by atoms with Crippen LogP contribution < -0.4 is 8.92 Å². The van der Waals surface area contributed by atoms with Gasteiger partial charge in [-0.25, -0.2) is 4.68 Å². The fourth-order valence-corrected chi connectivity index (χ4v) is 4.64. The van der Waals surface area contributed by atoms with E-state index in [1.54, 1.807) is 4.68 Å². The van der Waals surface area contributed by atoms with E-state index < -0.39 is 10.1 Å². The lowest BCUT2D eigenvalue weighted by molar-refractivity contribution is 0.144. The number of halogens is 3. The molecule has 2 aromatic rings. The van der Waals surface area contributed by atoms with Crippen molar-refractivity contribution in [2.45, 2.75) is 24.3 Å². The molecular formula is C14H11Cl3N2O4S. The molecule has 0 unspecified atom stereocenters. The molecule has 1 aromatic carbocycles. The van der Waals surface area contributed by atoms with Gasteiger partial charge in [0.2, 0.25) is 5.88 Å². The molecule has 2 aliphatic rings. The highest BCUT2D eigenvalue weighted by Crippen LogP contribution is 2.50. The smallest absolute Gasteiger partial charge is 0.346 e. The van der Waals surface area contributed by atoms with E-state index in [1.165, 1.54) is 18.3 Å². The van der Waals surface area contributed by atoms with Crippen molar-refractivity contribution < 1.29 is 17.3 Å². The third kappa shape index (κ3) is 2.73. The summed E-state index contributed by atoms with van der Waals surface area (Å²) in [7, 11) is -4.21. The molecule has 1 aromatic heterocycles. The van der Waals surface area contributed by atoms with Gasteiger partial charge in [0.25, 0.3) is 0 Å². The standard InChI is InChI=1S/C14H11Cl3N2O4S/c15-8-3-9(16)12(10(17)4-8)23-24(20,21)11-5-18-19-6-14(1-2-14)7-22-13(11)19/h3-5H,1-2,6-7H2. The second kappa shape index (κ2) is 5.42. The number of rotatable bonds is 3. The first-order valence-electron chi connectivity index (χ1n) is 7.07. The van der Waals surface area contributed by atoms with Crippen molar-refractivity contribution in [2.24, 2.45) is 5.41 Å². The molecule has 0 saturated heterocycles. The van der Waals surface area contributed by atoms with Crippen molar-refractivity contribution in [3.8, 4) is 11.6 Å². The van der Waals surface area contributed by atoms with Gasteiger partial charge in [-0.15, -0.1) is 0 Å². The van der Waals surface area contributed by atoms with E-state index in [2.05, 4.69) is 5.10 Å². The van der Waals surface area contributed by atoms with E-state index in [9.17, 15) is 8.42 Å². The van der Waals surface area contributed by atoms with Crippen LogP contribution in [0.3, 0.4) is 0 Å². The number of hydrogen-bond donors (Lipinski definition) is 0. The molecule has 1 fully saturated rings. The summed E-state index contributed by atoms with van der Waals surface area (Å²) in [6, 6.07) is 2.70. The molecule has 2 heterocycles. The summed E-state index contributed by atoms with van der Waals surface area (Å²) in [4.78, 5) is -0.153. The molecule has 1 saturated carbocycles. The minimum Gasteiger partial charge on any atom is -0.476 e. The van der Waals surface area contributed by atoms with Gasteiger partial charge in [0, 0.05) is 10.4 Å². The Balaban J connectivity index is 1.68. The summed E-state index contributed by atoms with van der Waals surface area (Å²) in [5.74, 6) is -0.00844. The molecule has 0 radical (unpaired) electrons. The summed E-state index contributed by atoms with van der Waals surface area (Å²) in [5.41, 5.74) is 0.101. The van der Waals surface area contributed by atoms with E-state index in [4.69, 9.17) is 43.7 Å². The second-order valence-corrected chi connectivity index (χ2v) is 8.76. The molecule has 6 nitrogen and oxygen atoms in total. The normalized spacial score (nSPS) is 18.1. The first kappa shape index (κ1) is 16.3. The molecule has 10 heteroatoms. The molecule has 0 N–H and O–H groups in total. The zero-order chi connectivity index (χ0) is 17.1. The molecule has 0 bridgehead atoms. The van der Waals surface area contributed by atoms with Crippen LogP contribution in [0.5, 0.6) is 11.6 Å². The van der Waals surface area contributed by atoms with Crippen LogP contribution in [-0.2, 0) is 16.7 Å². The molecule has 1 aliphatic heterocycles. The van der Waals surface area contributed by atoms with Crippen molar-refractivity contribution in [1.82, 2.24) is 9.78 Å². The minimum absolute atomic E-state index is 0.00466. The van der Waals surface area contributed by atoms with Crippen LogP contribution >= 0.6 is 34.8 Å². The van der Waals surface area contributed by atoms with E-state index >= 15 is 0 Å². The first-order chi connectivity index (χ1) is 11.3. The first-order valence-corrected chi connectivity index (χ1v) is 9.62. The van der Waals surface area contributed by atoms with Crippen molar-refractivity contribution >= 4 is 44.9 Å². The van der Waals surface area contributed by atoms with Crippen molar-refractivity contribution in [3.63, 3.8) is 0 Å². The third-order valence-corrected chi connectivity index (χ3v) is 6.13. The Morgan fingerprint density at radius 3 is 2.50 bits per heavy atom. The van der Waals surface area contributed by atoms with Crippen LogP contribution in [-0.4, -0.2) is 24.8 Å². The highest BCUT2D eigenvalue weighted by Gasteiger charge is 2.48. The maximum Gasteiger partial charge on any atom is 0.346 e. The molecule has 0 atom stereocenters. The minimum atomic E-state index is -4.21. The van der Waals surface area contributed by atoms with Crippen LogP contribution in [0.2, 0.25) is 15.1 Å². The molecule has 1 spiro atoms. The quantitative estimate of drug-likeness (QED) is 0.721. The van der Waals surface area contributed by atoms with Gasteiger partial charge >= 0.3 is 10.1 Å². The van der Waals surface area contributed by atoms with E-state index in [1.807, 2.05) is 0 Å². The molecule has 4 rings (SSSR count). The van der Waals surface area contributed by atoms with Crippen LogP contribution in [0.4, 0.5) is 0 Å². The van der Waals surface area contributed by atoms with Gasteiger partial charge in [0.05, 0.1) is 29.4 Å². The number of nitrogens with zero attached hydrogens (tertiary/aromatic N) is 2. The van der Waals surface area contributed by atoms with Gasteiger partial charge in [0.15, 0.2) is 10.6 Å². The molecule has 1 aliphatic carbocycles. The summed E-state index contributed by atoms with van der Waals surface area (Å²) in [6.45, 7) is 1.12. The van der Waals surface area contributed by atoms with Crippen LogP contribution in [0.15, 0.2) is 23.2 Å². The zero-order valence-corrected chi connectivity index (χ0v) is 15.2. The van der Waals surface area contributed by atoms with E-state index in [-0.39, 0.29) is 37.0 Å². The fraction of sp³-hybridized carbons (Fsp3) is 0.357. The van der Waals surface area contributed by atoms with Gasteiger partial charge < -0.3 is 8.92 Å². The van der Waals surface area contributed by atoms with Crippen LogP contribution in [0.1, 0.15) is 12.8 Å². The lowest BCUT2D eigenvalue weighted by Gasteiger charge is -2.24. The maximum absolute atomic E-state index is 12.6. The lowest BCUT2D eigenvalue weighted by Crippen LogP contribution is -2.27. The van der Waals surface area contributed by atoms with Gasteiger partial charge in [0.1, 0.15) is 0 Å². The Morgan fingerprint density at radius 1 is 1.21 bits per heavy atom. The zero-order valence-electron chi connectivity index (χ0n) is 12.1. The van der Waals surface area contributed by atoms with Crippen molar-refractivity contribution in [3.05, 3.63) is 33.4 Å². The molecule has 0 amide bonds. The summed E-state index contributed by atoms with van der Waals surface area (Å²) >= 11 is 17.8. The van der Waals surface area contributed by atoms with Crippen molar-refractivity contribution in [2.75, 3.05) is 6.61 Å². The Kier molecular flexibility index (Phi) is 3.69. The number of aromatic nitrogens is 2. The van der Waals surface area contributed by atoms with Gasteiger partial charge in [-0.05, 0) is 25.0 Å². The molecule has 24 heavy (non-hydrogen) atoms. The summed E-state index contributed by atoms with van der Waals surface area (Å²) < 4.78 is 37.5. The average Bonchev–Trinajstić information content (AvgIpc) is 3.08. The Labute approximate surface area is 153 Å². The van der Waals surface area contributed by atoms with Crippen LogP contribution in [0, 0.1) is 5.41 Å². The van der Waals surface area contributed by atoms with Gasteiger partial charge in [-0.1, -0.05) is 34.8 Å². The Bertz CT molecular complexity index is 914. The summed E-state index contributed by atoms with van der Waals surface area (Å²) in [5, 5.41) is 4.37. The predicted octanol–water partition coefficient (Wildman–Crippen LogP) is 3.78. The SMILES string of the molecule is O=S(=O)(Oc1c(Cl)cc(Cl)cc1Cl)c1cnn2c1OCC1(CC1)C2. The third-order valence-electron chi connectivity index (χ3n) is 4.14. The lowest BCUT2D eigenvalue weighted by atomic mass is 10.1. The van der Waals surface area contributed by atoms with Gasteiger partial charge in [-0.2, -0.15) is 13.5 Å². The fourth-order valence-electron chi connectivity index (χ4n) is 2.61. The number of hydrogen-bond acceptors (Lipinski definition) is 5. The maximum atomic E-state index is 12.6. The van der Waals surface area contributed by atoms with E-state index in [0.29, 0.717) is 13.2 Å². The summed E-state index contributed by atoms with van der Waals surface area (Å²) in [6.07, 6.45) is 3.32. The molecule has 128 valence electrons. The largest absolute Gasteiger partial charge is 0.476 e. The second-order valence-electron chi connectivity index (χ2n) is 6.00. The monoisotopic (exact) mass is 408 g/mol. The average molecular weight is 410 g/mol. The number of ether oxygens (including phenoxy) is 1. The molecular weight excluding hydrogens is 399 g/mol. The highest BCUT2D eigenvalue weighted by atomic mass is 35.5. The Hall–Kier alpha value is -1.15.